The van der Waals surface area contributed by atoms with Gasteiger partial charge in [0.2, 0.25) is 15.9 Å². The molecule has 0 spiro atoms. The number of rotatable bonds is 7. The lowest BCUT2D eigenvalue weighted by molar-refractivity contribution is -0.114. The lowest BCUT2D eigenvalue weighted by Gasteiger charge is -2.23. The SMILES string of the molecule is CCOC(=O)c1ccc(NC(=O)CN(c2cccc(Cl)c2Cl)S(C)(=O)=O)c(Cl)c1. The van der Waals surface area contributed by atoms with E-state index in [2.05, 4.69) is 5.32 Å². The standard InChI is InChI=1S/C18H17Cl3N2O5S/c1-3-28-18(25)11-7-8-14(13(20)9-11)22-16(24)10-23(29(2,26)27)15-6-4-5-12(19)17(15)21/h4-9H,3,10H2,1-2H3,(H,22,24). The van der Waals surface area contributed by atoms with Crippen LogP contribution < -0.4 is 9.62 Å². The van der Waals surface area contributed by atoms with Crippen LogP contribution in [0.3, 0.4) is 0 Å². The van der Waals surface area contributed by atoms with E-state index < -0.39 is 28.4 Å². The highest BCUT2D eigenvalue weighted by Gasteiger charge is 2.24. The van der Waals surface area contributed by atoms with Gasteiger partial charge >= 0.3 is 5.97 Å². The largest absolute Gasteiger partial charge is 0.462 e. The van der Waals surface area contributed by atoms with Gasteiger partial charge in [-0.1, -0.05) is 40.9 Å². The van der Waals surface area contributed by atoms with Crippen molar-refractivity contribution in [3.63, 3.8) is 0 Å². The Morgan fingerprint density at radius 2 is 1.79 bits per heavy atom. The Morgan fingerprint density at radius 1 is 1.10 bits per heavy atom. The fraction of sp³-hybridized carbons (Fsp3) is 0.222. The second-order valence-electron chi connectivity index (χ2n) is 5.81. The number of hydrogen-bond acceptors (Lipinski definition) is 5. The van der Waals surface area contributed by atoms with E-state index in [1.165, 1.54) is 36.4 Å². The van der Waals surface area contributed by atoms with E-state index in [9.17, 15) is 18.0 Å². The summed E-state index contributed by atoms with van der Waals surface area (Å²) >= 11 is 18.2. The van der Waals surface area contributed by atoms with Gasteiger partial charge in [0, 0.05) is 0 Å². The van der Waals surface area contributed by atoms with Crippen LogP contribution in [0.25, 0.3) is 0 Å². The number of benzene rings is 2. The van der Waals surface area contributed by atoms with Crippen molar-refractivity contribution in [2.45, 2.75) is 6.92 Å². The second kappa shape index (κ2) is 9.67. The van der Waals surface area contributed by atoms with E-state index in [0.29, 0.717) is 0 Å². The molecule has 0 bridgehead atoms. The zero-order valence-electron chi connectivity index (χ0n) is 15.4. The molecular formula is C18H17Cl3N2O5S. The molecule has 0 radical (unpaired) electrons. The Kier molecular flexibility index (Phi) is 7.76. The number of ether oxygens (including phenoxy) is 1. The van der Waals surface area contributed by atoms with Crippen molar-refractivity contribution in [3.8, 4) is 0 Å². The summed E-state index contributed by atoms with van der Waals surface area (Å²) in [5.74, 6) is -1.22. The predicted molar refractivity (Wildman–Crippen MR) is 115 cm³/mol. The zero-order chi connectivity index (χ0) is 21.8. The van der Waals surface area contributed by atoms with Crippen molar-refractivity contribution in [3.05, 3.63) is 57.0 Å². The van der Waals surface area contributed by atoms with Crippen LogP contribution in [0, 0.1) is 0 Å². The van der Waals surface area contributed by atoms with Gasteiger partial charge in [-0.05, 0) is 37.3 Å². The van der Waals surface area contributed by atoms with Crippen LogP contribution in [0.2, 0.25) is 15.1 Å². The molecule has 2 aromatic rings. The maximum absolute atomic E-state index is 12.5. The minimum Gasteiger partial charge on any atom is -0.462 e. The normalized spacial score (nSPS) is 11.1. The fourth-order valence-electron chi connectivity index (χ4n) is 2.34. The highest BCUT2D eigenvalue weighted by molar-refractivity contribution is 7.92. The molecule has 0 saturated carbocycles. The molecule has 0 saturated heterocycles. The van der Waals surface area contributed by atoms with Gasteiger partial charge in [0.15, 0.2) is 0 Å². The molecule has 29 heavy (non-hydrogen) atoms. The highest BCUT2D eigenvalue weighted by Crippen LogP contribution is 2.33. The Hall–Kier alpha value is -2.00. The quantitative estimate of drug-likeness (QED) is 0.600. The third kappa shape index (κ3) is 5.99. The number of carbonyl (C=O) groups is 2. The number of sulfonamides is 1. The van der Waals surface area contributed by atoms with Crippen molar-refractivity contribution < 1.29 is 22.7 Å². The van der Waals surface area contributed by atoms with Gasteiger partial charge < -0.3 is 10.1 Å². The van der Waals surface area contributed by atoms with E-state index in [0.717, 1.165) is 10.6 Å². The molecule has 11 heteroatoms. The van der Waals surface area contributed by atoms with E-state index in [1.54, 1.807) is 6.92 Å². The summed E-state index contributed by atoms with van der Waals surface area (Å²) in [7, 11) is -3.84. The van der Waals surface area contributed by atoms with Crippen LogP contribution in [0.4, 0.5) is 11.4 Å². The molecule has 1 amide bonds. The smallest absolute Gasteiger partial charge is 0.338 e. The van der Waals surface area contributed by atoms with Crippen LogP contribution in [0.1, 0.15) is 17.3 Å². The number of esters is 1. The molecule has 0 atom stereocenters. The average Bonchev–Trinajstić information content (AvgIpc) is 2.63. The zero-order valence-corrected chi connectivity index (χ0v) is 18.5. The molecule has 2 rings (SSSR count). The summed E-state index contributed by atoms with van der Waals surface area (Å²) in [5, 5.41) is 2.76. The first kappa shape index (κ1) is 23.3. The van der Waals surface area contributed by atoms with Gasteiger partial charge in [0.1, 0.15) is 6.54 Å². The van der Waals surface area contributed by atoms with E-state index >= 15 is 0 Å². The Balaban J connectivity index is 2.23. The molecule has 0 aliphatic heterocycles. The summed E-state index contributed by atoms with van der Waals surface area (Å²) < 4.78 is 30.1. The van der Waals surface area contributed by atoms with Crippen molar-refractivity contribution in [1.82, 2.24) is 0 Å². The van der Waals surface area contributed by atoms with Crippen LogP contribution in [0.15, 0.2) is 36.4 Å². The number of nitrogens with zero attached hydrogens (tertiary/aromatic N) is 1. The van der Waals surface area contributed by atoms with Crippen molar-refractivity contribution >= 4 is 68.1 Å². The minimum atomic E-state index is -3.84. The number of halogens is 3. The summed E-state index contributed by atoms with van der Waals surface area (Å²) in [6.45, 7) is 1.32. The molecule has 0 aliphatic carbocycles. The maximum atomic E-state index is 12.5. The maximum Gasteiger partial charge on any atom is 0.338 e. The minimum absolute atomic E-state index is 0.00390. The molecule has 0 aliphatic rings. The third-order valence-electron chi connectivity index (χ3n) is 3.64. The lowest BCUT2D eigenvalue weighted by Crippen LogP contribution is -2.37. The molecule has 0 fully saturated rings. The summed E-state index contributed by atoms with van der Waals surface area (Å²) in [5.41, 5.74) is 0.495. The van der Waals surface area contributed by atoms with E-state index in [4.69, 9.17) is 39.5 Å². The van der Waals surface area contributed by atoms with Crippen molar-refractivity contribution in [1.29, 1.82) is 0 Å². The lowest BCUT2D eigenvalue weighted by atomic mass is 10.2. The Morgan fingerprint density at radius 3 is 2.38 bits per heavy atom. The van der Waals surface area contributed by atoms with Gasteiger partial charge in [-0.3, -0.25) is 9.10 Å². The average molecular weight is 480 g/mol. The van der Waals surface area contributed by atoms with Crippen LogP contribution in [-0.4, -0.2) is 39.7 Å². The first-order chi connectivity index (χ1) is 13.5. The Labute approximate surface area is 183 Å². The number of hydrogen-bond donors (Lipinski definition) is 1. The third-order valence-corrected chi connectivity index (χ3v) is 5.89. The summed E-state index contributed by atoms with van der Waals surface area (Å²) in [6, 6.07) is 8.65. The van der Waals surface area contributed by atoms with Gasteiger partial charge in [-0.25, -0.2) is 13.2 Å². The predicted octanol–water partition coefficient (Wildman–Crippen LogP) is 4.23. The van der Waals surface area contributed by atoms with Crippen LogP contribution in [0.5, 0.6) is 0 Å². The summed E-state index contributed by atoms with van der Waals surface area (Å²) in [4.78, 5) is 24.2. The summed E-state index contributed by atoms with van der Waals surface area (Å²) in [6.07, 6.45) is 0.943. The number of amides is 1. The first-order valence-corrected chi connectivity index (χ1v) is 11.2. The molecular weight excluding hydrogens is 463 g/mol. The molecule has 1 N–H and O–H groups in total. The second-order valence-corrected chi connectivity index (χ2v) is 8.91. The molecule has 156 valence electrons. The van der Waals surface area contributed by atoms with Gasteiger partial charge in [-0.15, -0.1) is 0 Å². The molecule has 0 unspecified atom stereocenters. The Bertz CT molecular complexity index is 1040. The van der Waals surface area contributed by atoms with Crippen molar-refractivity contribution in [2.24, 2.45) is 0 Å². The van der Waals surface area contributed by atoms with Crippen LogP contribution >= 0.6 is 34.8 Å². The number of nitrogens with one attached hydrogen (secondary N) is 1. The van der Waals surface area contributed by atoms with Gasteiger partial charge in [0.05, 0.1) is 44.9 Å². The van der Waals surface area contributed by atoms with Gasteiger partial charge in [0.25, 0.3) is 0 Å². The molecule has 2 aromatic carbocycles. The fourth-order valence-corrected chi connectivity index (χ4v) is 3.88. The highest BCUT2D eigenvalue weighted by atomic mass is 35.5. The number of carbonyl (C=O) groups excluding carboxylic acids is 2. The van der Waals surface area contributed by atoms with Gasteiger partial charge in [-0.2, -0.15) is 0 Å². The topological polar surface area (TPSA) is 92.8 Å². The van der Waals surface area contributed by atoms with Crippen molar-refractivity contribution in [2.75, 3.05) is 29.0 Å². The molecule has 7 nitrogen and oxygen atoms in total. The van der Waals surface area contributed by atoms with E-state index in [1.807, 2.05) is 0 Å². The van der Waals surface area contributed by atoms with E-state index in [-0.39, 0.29) is 38.6 Å². The first-order valence-electron chi connectivity index (χ1n) is 8.22. The van der Waals surface area contributed by atoms with Crippen LogP contribution in [-0.2, 0) is 19.6 Å². The monoisotopic (exact) mass is 478 g/mol. The molecule has 0 heterocycles. The molecule has 0 aromatic heterocycles. The number of anilines is 2.